The van der Waals surface area contributed by atoms with Crippen LogP contribution < -0.4 is 4.74 Å². The Morgan fingerprint density at radius 1 is 1.08 bits per heavy atom. The first-order valence-electron chi connectivity index (χ1n) is 7.66. The van der Waals surface area contributed by atoms with Crippen LogP contribution in [0.25, 0.3) is 0 Å². The molecule has 0 radical (unpaired) electrons. The summed E-state index contributed by atoms with van der Waals surface area (Å²) in [6.07, 6.45) is 1.73. The lowest BCUT2D eigenvalue weighted by Crippen LogP contribution is -2.25. The summed E-state index contributed by atoms with van der Waals surface area (Å²) in [5.74, 6) is 0.757. The zero-order valence-electron chi connectivity index (χ0n) is 13.9. The zero-order chi connectivity index (χ0) is 17.3. The average Bonchev–Trinajstić information content (AvgIpc) is 3.01. The van der Waals surface area contributed by atoms with E-state index in [0.29, 0.717) is 6.42 Å². The van der Waals surface area contributed by atoms with Crippen LogP contribution in [0.2, 0.25) is 0 Å². The Labute approximate surface area is 142 Å². The highest BCUT2D eigenvalue weighted by molar-refractivity contribution is 7.88. The van der Waals surface area contributed by atoms with Crippen molar-refractivity contribution < 1.29 is 13.2 Å². The van der Waals surface area contributed by atoms with Crippen LogP contribution in [0.15, 0.2) is 53.6 Å². The number of hydrogen-bond acceptors (Lipinski definition) is 4. The summed E-state index contributed by atoms with van der Waals surface area (Å²) < 4.78 is 30.7. The van der Waals surface area contributed by atoms with Gasteiger partial charge in [0.25, 0.3) is 0 Å². The van der Waals surface area contributed by atoms with Gasteiger partial charge in [-0.25, -0.2) is 8.42 Å². The van der Waals surface area contributed by atoms with E-state index in [-0.39, 0.29) is 6.04 Å². The van der Waals surface area contributed by atoms with Crippen LogP contribution in [-0.4, -0.2) is 31.9 Å². The molecule has 0 saturated heterocycles. The van der Waals surface area contributed by atoms with Crippen LogP contribution in [0.3, 0.4) is 0 Å². The van der Waals surface area contributed by atoms with Crippen molar-refractivity contribution in [2.24, 2.45) is 5.10 Å². The van der Waals surface area contributed by atoms with Gasteiger partial charge < -0.3 is 4.74 Å². The van der Waals surface area contributed by atoms with Crippen LogP contribution in [0.1, 0.15) is 29.2 Å². The van der Waals surface area contributed by atoms with E-state index in [9.17, 15) is 8.42 Å². The molecule has 1 heterocycles. The van der Waals surface area contributed by atoms with Crippen molar-refractivity contribution in [3.63, 3.8) is 0 Å². The lowest BCUT2D eigenvalue weighted by Gasteiger charge is -2.21. The summed E-state index contributed by atoms with van der Waals surface area (Å²) in [5, 5.41) is 4.39. The predicted octanol–water partition coefficient (Wildman–Crippen LogP) is 3.11. The van der Waals surface area contributed by atoms with Crippen molar-refractivity contribution in [3.8, 4) is 5.75 Å². The molecule has 0 N–H and O–H groups in total. The van der Waals surface area contributed by atoms with Crippen molar-refractivity contribution in [1.29, 1.82) is 0 Å². The van der Waals surface area contributed by atoms with Gasteiger partial charge in [0.1, 0.15) is 5.75 Å². The SMILES string of the molecule is COc1ccc(C2=NN(S(C)(=O)=O)C(c3ccc(C)cc3)C2)cc1. The predicted molar refractivity (Wildman–Crippen MR) is 94.8 cm³/mol. The lowest BCUT2D eigenvalue weighted by molar-refractivity contribution is 0.375. The molecule has 0 amide bonds. The van der Waals surface area contributed by atoms with Gasteiger partial charge in [0.15, 0.2) is 0 Å². The monoisotopic (exact) mass is 344 g/mol. The van der Waals surface area contributed by atoms with E-state index in [4.69, 9.17) is 4.74 Å². The van der Waals surface area contributed by atoms with Gasteiger partial charge in [0.05, 0.1) is 25.1 Å². The molecule has 1 aliphatic heterocycles. The Balaban J connectivity index is 1.96. The van der Waals surface area contributed by atoms with Crippen molar-refractivity contribution in [2.75, 3.05) is 13.4 Å². The van der Waals surface area contributed by atoms with E-state index in [2.05, 4.69) is 5.10 Å². The van der Waals surface area contributed by atoms with Gasteiger partial charge in [-0.3, -0.25) is 0 Å². The summed E-state index contributed by atoms with van der Waals surface area (Å²) in [6.45, 7) is 2.01. The number of hydrazone groups is 1. The molecule has 3 rings (SSSR count). The number of methoxy groups -OCH3 is 1. The zero-order valence-corrected chi connectivity index (χ0v) is 14.7. The summed E-state index contributed by atoms with van der Waals surface area (Å²) in [4.78, 5) is 0. The molecule has 6 heteroatoms. The normalized spacial score (nSPS) is 17.7. The average molecular weight is 344 g/mol. The Kier molecular flexibility index (Phi) is 4.32. The van der Waals surface area contributed by atoms with E-state index in [1.54, 1.807) is 7.11 Å². The summed E-state index contributed by atoms with van der Waals surface area (Å²) in [6, 6.07) is 15.1. The first kappa shape index (κ1) is 16.5. The molecule has 0 spiro atoms. The molecule has 0 aliphatic carbocycles. The second kappa shape index (κ2) is 6.28. The Bertz CT molecular complexity index is 856. The summed E-state index contributed by atoms with van der Waals surface area (Å²) in [5.41, 5.74) is 3.74. The van der Waals surface area contributed by atoms with Gasteiger partial charge in [-0.15, -0.1) is 0 Å². The molecule has 24 heavy (non-hydrogen) atoms. The third-order valence-corrected chi connectivity index (χ3v) is 5.11. The fraction of sp³-hybridized carbons (Fsp3) is 0.278. The van der Waals surface area contributed by atoms with E-state index < -0.39 is 10.0 Å². The topological polar surface area (TPSA) is 59.0 Å². The van der Waals surface area contributed by atoms with E-state index in [0.717, 1.165) is 28.2 Å². The van der Waals surface area contributed by atoms with Gasteiger partial charge in [0.2, 0.25) is 10.0 Å². The number of hydrogen-bond donors (Lipinski definition) is 0. The van der Waals surface area contributed by atoms with Crippen LogP contribution in [0.4, 0.5) is 0 Å². The van der Waals surface area contributed by atoms with Crippen molar-refractivity contribution in [3.05, 3.63) is 65.2 Å². The third-order valence-electron chi connectivity index (χ3n) is 4.10. The maximum Gasteiger partial charge on any atom is 0.247 e. The van der Waals surface area contributed by atoms with Gasteiger partial charge >= 0.3 is 0 Å². The van der Waals surface area contributed by atoms with Crippen molar-refractivity contribution in [1.82, 2.24) is 4.41 Å². The maximum atomic E-state index is 12.2. The number of rotatable bonds is 4. The number of ether oxygens (including phenoxy) is 1. The molecule has 0 bridgehead atoms. The molecule has 1 aliphatic rings. The summed E-state index contributed by atoms with van der Waals surface area (Å²) >= 11 is 0. The van der Waals surface area contributed by atoms with Crippen LogP contribution in [0.5, 0.6) is 5.75 Å². The summed E-state index contributed by atoms with van der Waals surface area (Å²) in [7, 11) is -1.83. The molecular weight excluding hydrogens is 324 g/mol. The molecule has 1 atom stereocenters. The number of nitrogens with zero attached hydrogens (tertiary/aromatic N) is 2. The van der Waals surface area contributed by atoms with Crippen LogP contribution in [0, 0.1) is 6.92 Å². The standard InChI is InChI=1S/C18H20N2O3S/c1-13-4-6-15(7-5-13)18-12-17(19-20(18)24(3,21)22)14-8-10-16(23-2)11-9-14/h4-11,18H,12H2,1-3H3. The maximum absolute atomic E-state index is 12.2. The Morgan fingerprint density at radius 2 is 1.71 bits per heavy atom. The van der Waals surface area contributed by atoms with Gasteiger partial charge in [-0.05, 0) is 42.3 Å². The van der Waals surface area contributed by atoms with E-state index in [1.807, 2.05) is 55.5 Å². The second-order valence-corrected chi connectivity index (χ2v) is 7.78. The van der Waals surface area contributed by atoms with Crippen LogP contribution in [-0.2, 0) is 10.0 Å². The molecule has 0 aromatic heterocycles. The number of aryl methyl sites for hydroxylation is 1. The molecule has 1 unspecified atom stereocenters. The fourth-order valence-electron chi connectivity index (χ4n) is 2.79. The minimum atomic E-state index is -3.44. The molecular formula is C18H20N2O3S. The minimum Gasteiger partial charge on any atom is -0.497 e. The molecule has 0 saturated carbocycles. The number of benzene rings is 2. The smallest absolute Gasteiger partial charge is 0.247 e. The molecule has 2 aromatic rings. The molecule has 126 valence electrons. The first-order chi connectivity index (χ1) is 11.4. The van der Waals surface area contributed by atoms with Gasteiger partial charge in [-0.2, -0.15) is 9.52 Å². The van der Waals surface area contributed by atoms with Crippen molar-refractivity contribution >= 4 is 15.7 Å². The van der Waals surface area contributed by atoms with Gasteiger partial charge in [-0.1, -0.05) is 29.8 Å². The third kappa shape index (κ3) is 3.28. The highest BCUT2D eigenvalue weighted by Crippen LogP contribution is 2.34. The lowest BCUT2D eigenvalue weighted by atomic mass is 9.98. The van der Waals surface area contributed by atoms with Crippen molar-refractivity contribution in [2.45, 2.75) is 19.4 Å². The molecule has 2 aromatic carbocycles. The Morgan fingerprint density at radius 3 is 2.25 bits per heavy atom. The quantitative estimate of drug-likeness (QED) is 0.856. The molecule has 5 nitrogen and oxygen atoms in total. The van der Waals surface area contributed by atoms with Crippen LogP contribution >= 0.6 is 0 Å². The highest BCUT2D eigenvalue weighted by atomic mass is 32.2. The van der Waals surface area contributed by atoms with E-state index >= 15 is 0 Å². The van der Waals surface area contributed by atoms with E-state index in [1.165, 1.54) is 10.7 Å². The molecule has 0 fully saturated rings. The minimum absolute atomic E-state index is 0.308. The fourth-order valence-corrected chi connectivity index (χ4v) is 3.69. The largest absolute Gasteiger partial charge is 0.497 e. The highest BCUT2D eigenvalue weighted by Gasteiger charge is 2.34. The Hall–Kier alpha value is -2.34. The van der Waals surface area contributed by atoms with Gasteiger partial charge in [0, 0.05) is 6.42 Å². The number of sulfonamides is 1. The first-order valence-corrected chi connectivity index (χ1v) is 9.51. The second-order valence-electron chi connectivity index (χ2n) is 5.94.